The van der Waals surface area contributed by atoms with Gasteiger partial charge in [-0.15, -0.1) is 0 Å². The average molecular weight is 439 g/mol. The van der Waals surface area contributed by atoms with Gasteiger partial charge in [0.25, 0.3) is 0 Å². The molecule has 5 aromatic rings. The van der Waals surface area contributed by atoms with Gasteiger partial charge in [-0.1, -0.05) is 66.7 Å². The number of aromatic hydroxyl groups is 1. The first-order valence-corrected chi connectivity index (χ1v) is 10.6. The van der Waals surface area contributed by atoms with Gasteiger partial charge >= 0.3 is 0 Å². The van der Waals surface area contributed by atoms with E-state index in [9.17, 15) is 9.50 Å². The van der Waals surface area contributed by atoms with E-state index < -0.39 is 5.82 Å². The third-order valence-electron chi connectivity index (χ3n) is 5.59. The molecule has 164 valence electrons. The lowest BCUT2D eigenvalue weighted by molar-refractivity contribution is 0.386. The Bertz CT molecular complexity index is 1420. The predicted octanol–water partition coefficient (Wildman–Crippen LogP) is 5.43. The summed E-state index contributed by atoms with van der Waals surface area (Å²) in [5.41, 5.74) is 5.27. The highest BCUT2D eigenvalue weighted by molar-refractivity contribution is 5.63. The molecular weight excluding hydrogens is 417 g/mol. The topological polar surface area (TPSA) is 59.7 Å². The van der Waals surface area contributed by atoms with E-state index in [-0.39, 0.29) is 18.1 Å². The summed E-state index contributed by atoms with van der Waals surface area (Å²) in [6.07, 6.45) is 2.64. The van der Waals surface area contributed by atoms with Crippen LogP contribution in [0.5, 0.6) is 11.6 Å². The van der Waals surface area contributed by atoms with Gasteiger partial charge in [0, 0.05) is 24.6 Å². The van der Waals surface area contributed by atoms with Crippen molar-refractivity contribution in [3.05, 3.63) is 113 Å². The normalized spacial score (nSPS) is 11.1. The van der Waals surface area contributed by atoms with E-state index in [1.165, 1.54) is 13.2 Å². The zero-order valence-electron chi connectivity index (χ0n) is 18.1. The summed E-state index contributed by atoms with van der Waals surface area (Å²) in [4.78, 5) is 9.60. The van der Waals surface area contributed by atoms with Crippen LogP contribution in [-0.2, 0) is 12.8 Å². The number of hydrogen-bond donors (Lipinski definition) is 1. The first kappa shape index (κ1) is 20.7. The van der Waals surface area contributed by atoms with E-state index in [0.717, 1.165) is 22.5 Å². The Kier molecular flexibility index (Phi) is 5.48. The van der Waals surface area contributed by atoms with Gasteiger partial charge < -0.3 is 9.84 Å². The summed E-state index contributed by atoms with van der Waals surface area (Å²) < 4.78 is 20.8. The number of nitrogens with zero attached hydrogens (tertiary/aromatic N) is 3. The van der Waals surface area contributed by atoms with Crippen LogP contribution in [0.2, 0.25) is 0 Å². The number of benzene rings is 3. The minimum absolute atomic E-state index is 0.0233. The van der Waals surface area contributed by atoms with Crippen molar-refractivity contribution in [3.8, 4) is 22.9 Å². The Hall–Kier alpha value is -4.19. The van der Waals surface area contributed by atoms with E-state index in [2.05, 4.69) is 0 Å². The van der Waals surface area contributed by atoms with E-state index in [0.29, 0.717) is 23.3 Å². The summed E-state index contributed by atoms with van der Waals surface area (Å²) in [5, 5.41) is 11.0. The first-order chi connectivity index (χ1) is 16.1. The van der Waals surface area contributed by atoms with Crippen LogP contribution in [0, 0.1) is 5.82 Å². The fraction of sp³-hybridized carbons (Fsp3) is 0.111. The van der Waals surface area contributed by atoms with Crippen LogP contribution in [0.3, 0.4) is 0 Å². The molecule has 0 aliphatic carbocycles. The van der Waals surface area contributed by atoms with E-state index in [1.54, 1.807) is 22.7 Å². The highest BCUT2D eigenvalue weighted by Gasteiger charge is 2.18. The molecule has 0 saturated carbocycles. The molecule has 0 bridgehead atoms. The van der Waals surface area contributed by atoms with Gasteiger partial charge in [-0.3, -0.25) is 4.40 Å². The van der Waals surface area contributed by atoms with Crippen molar-refractivity contribution in [2.75, 3.05) is 7.11 Å². The zero-order chi connectivity index (χ0) is 22.8. The van der Waals surface area contributed by atoms with Gasteiger partial charge in [0.05, 0.1) is 18.5 Å². The van der Waals surface area contributed by atoms with Gasteiger partial charge in [-0.2, -0.15) is 0 Å². The van der Waals surface area contributed by atoms with Crippen LogP contribution in [0.1, 0.15) is 22.5 Å². The molecule has 5 nitrogen and oxygen atoms in total. The predicted molar refractivity (Wildman–Crippen MR) is 125 cm³/mol. The van der Waals surface area contributed by atoms with Crippen LogP contribution >= 0.6 is 0 Å². The van der Waals surface area contributed by atoms with Gasteiger partial charge in [-0.25, -0.2) is 14.4 Å². The second-order valence-corrected chi connectivity index (χ2v) is 7.82. The average Bonchev–Trinajstić information content (AvgIpc) is 3.16. The molecule has 0 fully saturated rings. The van der Waals surface area contributed by atoms with Crippen LogP contribution < -0.4 is 4.74 Å². The van der Waals surface area contributed by atoms with Crippen LogP contribution in [0.25, 0.3) is 16.9 Å². The van der Waals surface area contributed by atoms with Crippen molar-refractivity contribution in [2.45, 2.75) is 12.8 Å². The monoisotopic (exact) mass is 439 g/mol. The molecule has 0 aliphatic rings. The molecule has 0 aliphatic heterocycles. The number of ether oxygens (including phenoxy) is 1. The molecule has 2 heterocycles. The molecule has 0 spiro atoms. The number of fused-ring (bicyclic) bond motifs is 1. The number of halogens is 1. The highest BCUT2D eigenvalue weighted by atomic mass is 19.1. The lowest BCUT2D eigenvalue weighted by Gasteiger charge is -2.08. The van der Waals surface area contributed by atoms with E-state index in [4.69, 9.17) is 14.7 Å². The Labute approximate surface area is 190 Å². The van der Waals surface area contributed by atoms with Crippen molar-refractivity contribution in [1.82, 2.24) is 14.4 Å². The van der Waals surface area contributed by atoms with Crippen LogP contribution in [0.15, 0.2) is 85.1 Å². The molecule has 6 heteroatoms. The molecule has 0 amide bonds. The number of aromatic nitrogens is 3. The second kappa shape index (κ2) is 8.74. The van der Waals surface area contributed by atoms with Crippen molar-refractivity contribution in [1.29, 1.82) is 0 Å². The maximum absolute atomic E-state index is 14.2. The molecule has 2 aromatic heterocycles. The zero-order valence-corrected chi connectivity index (χ0v) is 18.1. The molecule has 0 atom stereocenters. The summed E-state index contributed by atoms with van der Waals surface area (Å²) >= 11 is 0. The summed E-state index contributed by atoms with van der Waals surface area (Å²) in [6.45, 7) is 0. The first-order valence-electron chi connectivity index (χ1n) is 10.6. The second-order valence-electron chi connectivity index (χ2n) is 7.82. The quantitative estimate of drug-likeness (QED) is 0.383. The minimum atomic E-state index is -0.448. The largest absolute Gasteiger partial charge is 0.494 e. The third-order valence-corrected chi connectivity index (χ3v) is 5.59. The molecule has 1 N–H and O–H groups in total. The van der Waals surface area contributed by atoms with Crippen molar-refractivity contribution in [3.63, 3.8) is 0 Å². The highest BCUT2D eigenvalue weighted by Crippen LogP contribution is 2.29. The molecule has 3 aromatic carbocycles. The Balaban J connectivity index is 1.61. The molecule has 0 unspecified atom stereocenters. The Morgan fingerprint density at radius 2 is 1.55 bits per heavy atom. The summed E-state index contributed by atoms with van der Waals surface area (Å²) in [7, 11) is 1.43. The number of imidazole rings is 1. The Morgan fingerprint density at radius 1 is 0.848 bits per heavy atom. The van der Waals surface area contributed by atoms with Gasteiger partial charge in [0.2, 0.25) is 5.88 Å². The van der Waals surface area contributed by atoms with Crippen LogP contribution in [0.4, 0.5) is 4.39 Å². The summed E-state index contributed by atoms with van der Waals surface area (Å²) in [6, 6.07) is 24.6. The maximum Gasteiger partial charge on any atom is 0.219 e. The van der Waals surface area contributed by atoms with Gasteiger partial charge in [-0.05, 0) is 23.3 Å². The van der Waals surface area contributed by atoms with E-state index in [1.807, 2.05) is 60.7 Å². The third kappa shape index (κ3) is 4.15. The van der Waals surface area contributed by atoms with Crippen molar-refractivity contribution < 1.29 is 14.2 Å². The number of rotatable bonds is 6. The molecule has 5 rings (SSSR count). The lowest BCUT2D eigenvalue weighted by atomic mass is 10.1. The SMILES string of the molecule is COc1ccc(Cc2nc3c(Cc4ccccc4)nc(-c4ccccc4)cn3c2O)cc1F. The number of hydrogen-bond acceptors (Lipinski definition) is 4. The Morgan fingerprint density at radius 3 is 2.24 bits per heavy atom. The fourth-order valence-electron chi connectivity index (χ4n) is 3.93. The van der Waals surface area contributed by atoms with Crippen molar-refractivity contribution in [2.24, 2.45) is 0 Å². The lowest BCUT2D eigenvalue weighted by Crippen LogP contribution is -2.00. The van der Waals surface area contributed by atoms with Crippen molar-refractivity contribution >= 4 is 5.65 Å². The molecule has 0 radical (unpaired) electrons. The minimum Gasteiger partial charge on any atom is -0.494 e. The standard InChI is InChI=1S/C27H22FN3O2/c1-33-25-13-12-19(14-21(25)28)16-23-27(32)31-17-24(20-10-6-3-7-11-20)29-22(26(31)30-23)15-18-8-4-2-5-9-18/h2-14,17,32H,15-16H2,1H3. The number of methoxy groups -OCH3 is 1. The van der Waals surface area contributed by atoms with Gasteiger partial charge in [0.15, 0.2) is 17.2 Å². The fourth-order valence-corrected chi connectivity index (χ4v) is 3.93. The van der Waals surface area contributed by atoms with E-state index >= 15 is 0 Å². The molecule has 0 saturated heterocycles. The maximum atomic E-state index is 14.2. The smallest absolute Gasteiger partial charge is 0.219 e. The van der Waals surface area contributed by atoms with Crippen LogP contribution in [-0.4, -0.2) is 26.6 Å². The van der Waals surface area contributed by atoms with Gasteiger partial charge in [0.1, 0.15) is 5.69 Å². The summed E-state index contributed by atoms with van der Waals surface area (Å²) in [5.74, 6) is -0.244. The molecule has 33 heavy (non-hydrogen) atoms. The molecular formula is C27H22FN3O2.